The van der Waals surface area contributed by atoms with Crippen LogP contribution in [0.1, 0.15) is 55.8 Å². The third-order valence-electron chi connectivity index (χ3n) is 7.61. The number of amides is 1. The number of likely N-dealkylation sites (tertiary alicyclic amines) is 1. The van der Waals surface area contributed by atoms with E-state index in [0.717, 1.165) is 43.8 Å². The molecule has 5 rings (SSSR count). The summed E-state index contributed by atoms with van der Waals surface area (Å²) >= 11 is 0. The van der Waals surface area contributed by atoms with Crippen molar-refractivity contribution in [2.75, 3.05) is 19.7 Å². The first-order valence-electron chi connectivity index (χ1n) is 12.5. The molecule has 34 heavy (non-hydrogen) atoms. The van der Waals surface area contributed by atoms with Crippen molar-refractivity contribution < 1.29 is 13.9 Å². The molecule has 1 N–H and O–H groups in total. The number of furan rings is 1. The highest BCUT2D eigenvalue weighted by atomic mass is 16.5. The Balaban J connectivity index is 1.39. The van der Waals surface area contributed by atoms with Crippen LogP contribution in [0.15, 0.2) is 71.3 Å². The van der Waals surface area contributed by atoms with Crippen molar-refractivity contribution in [1.29, 1.82) is 0 Å². The van der Waals surface area contributed by atoms with E-state index in [0.29, 0.717) is 13.0 Å². The van der Waals surface area contributed by atoms with Crippen molar-refractivity contribution in [2.24, 2.45) is 0 Å². The van der Waals surface area contributed by atoms with E-state index in [1.54, 1.807) is 6.26 Å². The lowest BCUT2D eigenvalue weighted by atomic mass is 9.71. The van der Waals surface area contributed by atoms with Crippen molar-refractivity contribution in [3.63, 3.8) is 0 Å². The molecule has 3 aromatic rings. The van der Waals surface area contributed by atoms with Gasteiger partial charge >= 0.3 is 0 Å². The average molecular weight is 459 g/mol. The predicted octanol–water partition coefficient (Wildman–Crippen LogP) is 5.47. The van der Waals surface area contributed by atoms with E-state index >= 15 is 0 Å². The number of carbonyl (C=O) groups excluding carboxylic acids is 1. The first kappa shape index (κ1) is 22.9. The number of ether oxygens (including phenoxy) is 1. The van der Waals surface area contributed by atoms with Gasteiger partial charge in [-0.15, -0.1) is 0 Å². The van der Waals surface area contributed by atoms with Gasteiger partial charge in [0.1, 0.15) is 5.76 Å². The zero-order valence-electron chi connectivity index (χ0n) is 20.1. The van der Waals surface area contributed by atoms with Crippen LogP contribution in [0.4, 0.5) is 0 Å². The van der Waals surface area contributed by atoms with Gasteiger partial charge < -0.3 is 14.5 Å². The SMILES string of the molecule is CCO[C@H]1[C@H](NC(=O)CC)c2ccccc2C12CCN(Cc1ccccc1-c1ccco1)CC2. The Labute approximate surface area is 202 Å². The zero-order valence-corrected chi connectivity index (χ0v) is 20.1. The van der Waals surface area contributed by atoms with Gasteiger partial charge in [-0.3, -0.25) is 9.69 Å². The van der Waals surface area contributed by atoms with E-state index in [-0.39, 0.29) is 23.5 Å². The molecule has 0 radical (unpaired) electrons. The van der Waals surface area contributed by atoms with Gasteiger partial charge in [-0.1, -0.05) is 55.5 Å². The van der Waals surface area contributed by atoms with Gasteiger partial charge in [0.2, 0.25) is 5.91 Å². The van der Waals surface area contributed by atoms with Gasteiger partial charge in [-0.2, -0.15) is 0 Å². The van der Waals surface area contributed by atoms with Gasteiger partial charge in [0, 0.05) is 30.6 Å². The Kier molecular flexibility index (Phi) is 6.57. The number of rotatable bonds is 7. The minimum absolute atomic E-state index is 0.0389. The Hall–Kier alpha value is -2.89. The molecule has 2 atom stereocenters. The van der Waals surface area contributed by atoms with Crippen LogP contribution < -0.4 is 5.32 Å². The number of benzene rings is 2. The summed E-state index contributed by atoms with van der Waals surface area (Å²) in [5, 5.41) is 3.28. The lowest BCUT2D eigenvalue weighted by molar-refractivity contribution is -0.123. The molecule has 0 unspecified atom stereocenters. The van der Waals surface area contributed by atoms with Crippen molar-refractivity contribution in [2.45, 2.75) is 57.2 Å². The Bertz CT molecular complexity index is 1120. The van der Waals surface area contributed by atoms with Crippen LogP contribution in [0, 0.1) is 0 Å². The number of nitrogens with one attached hydrogen (secondary N) is 1. The van der Waals surface area contributed by atoms with Crippen LogP contribution in [0.3, 0.4) is 0 Å². The average Bonchev–Trinajstić information content (AvgIpc) is 3.49. The molecule has 0 saturated carbocycles. The number of piperidine rings is 1. The number of hydrogen-bond donors (Lipinski definition) is 1. The number of carbonyl (C=O) groups is 1. The molecule has 1 aliphatic carbocycles. The van der Waals surface area contributed by atoms with E-state index < -0.39 is 0 Å². The van der Waals surface area contributed by atoms with E-state index in [2.05, 4.69) is 65.7 Å². The van der Waals surface area contributed by atoms with Gasteiger partial charge in [-0.05, 0) is 61.7 Å². The third-order valence-corrected chi connectivity index (χ3v) is 7.61. The second-order valence-corrected chi connectivity index (χ2v) is 9.43. The molecule has 1 aliphatic heterocycles. The van der Waals surface area contributed by atoms with Gasteiger partial charge in [0.05, 0.1) is 18.4 Å². The van der Waals surface area contributed by atoms with E-state index in [1.165, 1.54) is 16.7 Å². The summed E-state index contributed by atoms with van der Waals surface area (Å²) in [7, 11) is 0. The largest absolute Gasteiger partial charge is 0.464 e. The molecular formula is C29H34N2O3. The number of fused-ring (bicyclic) bond motifs is 2. The molecule has 1 amide bonds. The highest BCUT2D eigenvalue weighted by molar-refractivity contribution is 5.76. The van der Waals surface area contributed by atoms with E-state index in [4.69, 9.17) is 9.15 Å². The molecule has 5 heteroatoms. The fourth-order valence-electron chi connectivity index (χ4n) is 5.96. The summed E-state index contributed by atoms with van der Waals surface area (Å²) in [4.78, 5) is 14.9. The minimum Gasteiger partial charge on any atom is -0.464 e. The van der Waals surface area contributed by atoms with Crippen LogP contribution in [0.2, 0.25) is 0 Å². The first-order valence-corrected chi connectivity index (χ1v) is 12.5. The second kappa shape index (κ2) is 9.77. The van der Waals surface area contributed by atoms with Gasteiger partial charge in [0.15, 0.2) is 0 Å². The maximum absolute atomic E-state index is 12.4. The van der Waals surface area contributed by atoms with Crippen molar-refractivity contribution in [3.8, 4) is 11.3 Å². The molecule has 0 bridgehead atoms. The van der Waals surface area contributed by atoms with Crippen LogP contribution in [0.5, 0.6) is 0 Å². The molecule has 2 aromatic carbocycles. The number of hydrogen-bond acceptors (Lipinski definition) is 4. The van der Waals surface area contributed by atoms with Gasteiger partial charge in [0.25, 0.3) is 0 Å². The Morgan fingerprint density at radius 3 is 2.56 bits per heavy atom. The van der Waals surface area contributed by atoms with Crippen molar-refractivity contribution in [3.05, 3.63) is 83.6 Å². The lowest BCUT2D eigenvalue weighted by Gasteiger charge is -2.44. The Morgan fingerprint density at radius 2 is 1.82 bits per heavy atom. The summed E-state index contributed by atoms with van der Waals surface area (Å²) in [5.41, 5.74) is 4.95. The molecule has 1 fully saturated rings. The lowest BCUT2D eigenvalue weighted by Crippen LogP contribution is -2.50. The predicted molar refractivity (Wildman–Crippen MR) is 133 cm³/mol. The number of nitrogens with zero attached hydrogens (tertiary/aromatic N) is 1. The molecular weight excluding hydrogens is 424 g/mol. The normalized spacial score (nSPS) is 21.5. The summed E-state index contributed by atoms with van der Waals surface area (Å²) in [6, 6.07) is 21.0. The maximum Gasteiger partial charge on any atom is 0.220 e. The molecule has 1 saturated heterocycles. The standard InChI is InChI=1S/C29H34N2O3/c1-3-26(32)30-27-23-12-7-8-13-24(23)29(28(27)33-4-2)15-17-31(18-16-29)20-21-10-5-6-11-22(21)25-14-9-19-34-25/h5-14,19,27-28H,3-4,15-18,20H2,1-2H3,(H,30,32)/t27-,28+/m1/s1. The summed E-state index contributed by atoms with van der Waals surface area (Å²) in [6.45, 7) is 7.46. The topological polar surface area (TPSA) is 54.7 Å². The maximum atomic E-state index is 12.4. The fourth-order valence-corrected chi connectivity index (χ4v) is 5.96. The quantitative estimate of drug-likeness (QED) is 0.510. The summed E-state index contributed by atoms with van der Waals surface area (Å²) in [6.07, 6.45) is 4.19. The zero-order chi connectivity index (χ0) is 23.5. The summed E-state index contributed by atoms with van der Waals surface area (Å²) < 4.78 is 12.1. The van der Waals surface area contributed by atoms with Gasteiger partial charge in [-0.25, -0.2) is 0 Å². The smallest absolute Gasteiger partial charge is 0.220 e. The monoisotopic (exact) mass is 458 g/mol. The highest BCUT2D eigenvalue weighted by Crippen LogP contribution is 2.52. The Morgan fingerprint density at radius 1 is 1.06 bits per heavy atom. The van der Waals surface area contributed by atoms with Crippen molar-refractivity contribution >= 4 is 5.91 Å². The molecule has 1 spiro atoms. The fraction of sp³-hybridized carbons (Fsp3) is 0.414. The molecule has 178 valence electrons. The molecule has 1 aromatic heterocycles. The van der Waals surface area contributed by atoms with Crippen LogP contribution in [-0.2, 0) is 21.5 Å². The first-order chi connectivity index (χ1) is 16.7. The van der Waals surface area contributed by atoms with Crippen LogP contribution in [0.25, 0.3) is 11.3 Å². The molecule has 2 aliphatic rings. The van der Waals surface area contributed by atoms with E-state index in [9.17, 15) is 4.79 Å². The van der Waals surface area contributed by atoms with E-state index in [1.807, 2.05) is 19.1 Å². The van der Waals surface area contributed by atoms with Crippen LogP contribution in [-0.4, -0.2) is 36.6 Å². The third kappa shape index (κ3) is 4.08. The molecule has 2 heterocycles. The molecule has 5 nitrogen and oxygen atoms in total. The minimum atomic E-state index is -0.0881. The second-order valence-electron chi connectivity index (χ2n) is 9.43. The highest BCUT2D eigenvalue weighted by Gasteiger charge is 2.54. The van der Waals surface area contributed by atoms with Crippen molar-refractivity contribution in [1.82, 2.24) is 10.2 Å². The summed E-state index contributed by atoms with van der Waals surface area (Å²) in [5.74, 6) is 0.994. The van der Waals surface area contributed by atoms with Crippen LogP contribution >= 0.6 is 0 Å².